The molecule has 140 valence electrons. The molecule has 0 bridgehead atoms. The van der Waals surface area contributed by atoms with Gasteiger partial charge < -0.3 is 9.88 Å². The van der Waals surface area contributed by atoms with Crippen molar-refractivity contribution in [3.8, 4) is 0 Å². The highest BCUT2D eigenvalue weighted by atomic mass is 16.2. The molecule has 4 rings (SSSR count). The summed E-state index contributed by atoms with van der Waals surface area (Å²) in [5, 5.41) is 0. The number of aromatic nitrogens is 2. The number of benzene rings is 2. The highest BCUT2D eigenvalue weighted by molar-refractivity contribution is 5.94. The molecule has 0 aliphatic carbocycles. The van der Waals surface area contributed by atoms with Crippen LogP contribution in [0.25, 0.3) is 11.0 Å². The first-order valence-corrected chi connectivity index (χ1v) is 9.87. The molecule has 1 N–H and O–H groups in total. The zero-order valence-electron chi connectivity index (χ0n) is 16.3. The Morgan fingerprint density at radius 2 is 1.81 bits per heavy atom. The number of hydrogen-bond acceptors (Lipinski definition) is 2. The smallest absolute Gasteiger partial charge is 0.253 e. The van der Waals surface area contributed by atoms with E-state index in [9.17, 15) is 4.79 Å². The van der Waals surface area contributed by atoms with Crippen LogP contribution in [0.15, 0.2) is 42.5 Å². The molecule has 1 amide bonds. The molecule has 0 spiro atoms. The van der Waals surface area contributed by atoms with Gasteiger partial charge in [0.1, 0.15) is 5.82 Å². The van der Waals surface area contributed by atoms with Crippen LogP contribution >= 0.6 is 0 Å². The van der Waals surface area contributed by atoms with E-state index in [1.807, 2.05) is 17.0 Å². The Hall–Kier alpha value is -2.62. The van der Waals surface area contributed by atoms with Gasteiger partial charge in [-0.15, -0.1) is 0 Å². The largest absolute Gasteiger partial charge is 0.342 e. The predicted molar refractivity (Wildman–Crippen MR) is 109 cm³/mol. The number of aryl methyl sites for hydroxylation is 1. The fourth-order valence-corrected chi connectivity index (χ4v) is 3.89. The van der Waals surface area contributed by atoms with Crippen molar-refractivity contribution in [1.29, 1.82) is 0 Å². The topological polar surface area (TPSA) is 49.0 Å². The van der Waals surface area contributed by atoms with Gasteiger partial charge in [-0.25, -0.2) is 4.98 Å². The average molecular weight is 361 g/mol. The van der Waals surface area contributed by atoms with Crippen LogP contribution < -0.4 is 0 Å². The molecule has 0 saturated carbocycles. The SMILES string of the molecule is Cc1ccc2nc(C3CCN(C(=O)c4ccc(C(C)C)cc4)CC3)[nH]c2c1. The first kappa shape index (κ1) is 17.8. The van der Waals surface area contributed by atoms with Crippen molar-refractivity contribution in [3.05, 3.63) is 65.0 Å². The second-order valence-corrected chi connectivity index (χ2v) is 7.99. The van der Waals surface area contributed by atoms with Gasteiger partial charge in [0.2, 0.25) is 0 Å². The highest BCUT2D eigenvalue weighted by Gasteiger charge is 2.26. The summed E-state index contributed by atoms with van der Waals surface area (Å²) in [6.45, 7) is 8.00. The van der Waals surface area contributed by atoms with Crippen molar-refractivity contribution in [3.63, 3.8) is 0 Å². The van der Waals surface area contributed by atoms with E-state index in [0.717, 1.165) is 48.4 Å². The highest BCUT2D eigenvalue weighted by Crippen LogP contribution is 2.29. The summed E-state index contributed by atoms with van der Waals surface area (Å²) >= 11 is 0. The second-order valence-electron chi connectivity index (χ2n) is 7.99. The third-order valence-corrected chi connectivity index (χ3v) is 5.65. The fourth-order valence-electron chi connectivity index (χ4n) is 3.89. The van der Waals surface area contributed by atoms with Crippen LogP contribution in [0, 0.1) is 6.92 Å². The maximum Gasteiger partial charge on any atom is 0.253 e. The monoisotopic (exact) mass is 361 g/mol. The van der Waals surface area contributed by atoms with Gasteiger partial charge in [-0.3, -0.25) is 4.79 Å². The van der Waals surface area contributed by atoms with Crippen LogP contribution in [0.3, 0.4) is 0 Å². The molecule has 0 radical (unpaired) electrons. The van der Waals surface area contributed by atoms with Crippen molar-refractivity contribution in [2.75, 3.05) is 13.1 Å². The Kier molecular flexibility index (Phi) is 4.73. The number of hydrogen-bond donors (Lipinski definition) is 1. The summed E-state index contributed by atoms with van der Waals surface area (Å²) in [6, 6.07) is 14.4. The predicted octanol–water partition coefficient (Wildman–Crippen LogP) is 5.01. The molecule has 1 aliphatic rings. The van der Waals surface area contributed by atoms with E-state index >= 15 is 0 Å². The second kappa shape index (κ2) is 7.18. The van der Waals surface area contributed by atoms with Gasteiger partial charge in [0.25, 0.3) is 5.91 Å². The summed E-state index contributed by atoms with van der Waals surface area (Å²) in [5.74, 6) is 2.08. The zero-order chi connectivity index (χ0) is 19.0. The molecular weight excluding hydrogens is 334 g/mol. The van der Waals surface area contributed by atoms with Crippen molar-refractivity contribution in [2.24, 2.45) is 0 Å². The van der Waals surface area contributed by atoms with Crippen LogP contribution in [0.1, 0.15) is 65.8 Å². The molecule has 27 heavy (non-hydrogen) atoms. The number of piperidine rings is 1. The number of nitrogens with one attached hydrogen (secondary N) is 1. The molecule has 1 aliphatic heterocycles. The van der Waals surface area contributed by atoms with E-state index in [-0.39, 0.29) is 5.91 Å². The van der Waals surface area contributed by atoms with Gasteiger partial charge in [0, 0.05) is 24.6 Å². The van der Waals surface area contributed by atoms with Crippen molar-refractivity contribution >= 4 is 16.9 Å². The Labute approximate surface area is 160 Å². The van der Waals surface area contributed by atoms with E-state index in [4.69, 9.17) is 4.98 Å². The molecule has 0 unspecified atom stereocenters. The number of amides is 1. The third-order valence-electron chi connectivity index (χ3n) is 5.65. The first-order valence-electron chi connectivity index (χ1n) is 9.87. The maximum atomic E-state index is 12.8. The summed E-state index contributed by atoms with van der Waals surface area (Å²) in [6.07, 6.45) is 1.91. The minimum Gasteiger partial charge on any atom is -0.342 e. The van der Waals surface area contributed by atoms with Crippen LogP contribution in [0.5, 0.6) is 0 Å². The number of carbonyl (C=O) groups excluding carboxylic acids is 1. The first-order chi connectivity index (χ1) is 13.0. The van der Waals surface area contributed by atoms with Gasteiger partial charge >= 0.3 is 0 Å². The van der Waals surface area contributed by atoms with E-state index in [1.54, 1.807) is 0 Å². The fraction of sp³-hybridized carbons (Fsp3) is 0.391. The molecule has 1 fully saturated rings. The van der Waals surface area contributed by atoms with Crippen LogP contribution in [-0.2, 0) is 0 Å². The van der Waals surface area contributed by atoms with Gasteiger partial charge in [-0.2, -0.15) is 0 Å². The molecule has 4 nitrogen and oxygen atoms in total. The molecule has 3 aromatic rings. The number of nitrogens with zero attached hydrogens (tertiary/aromatic N) is 2. The summed E-state index contributed by atoms with van der Waals surface area (Å²) in [4.78, 5) is 23.0. The van der Waals surface area contributed by atoms with E-state index in [0.29, 0.717) is 11.8 Å². The Morgan fingerprint density at radius 1 is 1.11 bits per heavy atom. The van der Waals surface area contributed by atoms with Crippen molar-refractivity contribution < 1.29 is 4.79 Å². The van der Waals surface area contributed by atoms with E-state index in [2.05, 4.69) is 56.1 Å². The van der Waals surface area contributed by atoms with Gasteiger partial charge in [0.05, 0.1) is 11.0 Å². The number of imidazole rings is 1. The molecule has 1 aromatic heterocycles. The van der Waals surface area contributed by atoms with Gasteiger partial charge in [0.15, 0.2) is 0 Å². The quantitative estimate of drug-likeness (QED) is 0.712. The lowest BCUT2D eigenvalue weighted by Crippen LogP contribution is -2.38. The number of rotatable bonds is 3. The number of aromatic amines is 1. The zero-order valence-corrected chi connectivity index (χ0v) is 16.3. The average Bonchev–Trinajstić information content (AvgIpc) is 3.11. The third kappa shape index (κ3) is 3.61. The van der Waals surface area contributed by atoms with Crippen molar-refractivity contribution in [2.45, 2.75) is 45.4 Å². The Bertz CT molecular complexity index is 947. The van der Waals surface area contributed by atoms with Crippen LogP contribution in [-0.4, -0.2) is 33.9 Å². The Morgan fingerprint density at radius 3 is 2.48 bits per heavy atom. The van der Waals surface area contributed by atoms with E-state index < -0.39 is 0 Å². The van der Waals surface area contributed by atoms with Gasteiger partial charge in [-0.1, -0.05) is 32.0 Å². The lowest BCUT2D eigenvalue weighted by Gasteiger charge is -2.31. The molecule has 4 heteroatoms. The van der Waals surface area contributed by atoms with Crippen LogP contribution in [0.4, 0.5) is 0 Å². The lowest BCUT2D eigenvalue weighted by molar-refractivity contribution is 0.0711. The van der Waals surface area contributed by atoms with Gasteiger partial charge in [-0.05, 0) is 61.1 Å². The number of fused-ring (bicyclic) bond motifs is 1. The molecular formula is C23H27N3O. The van der Waals surface area contributed by atoms with Crippen LogP contribution in [0.2, 0.25) is 0 Å². The number of carbonyl (C=O) groups is 1. The summed E-state index contributed by atoms with van der Waals surface area (Å²) in [5.41, 5.74) is 5.43. The number of likely N-dealkylation sites (tertiary alicyclic amines) is 1. The maximum absolute atomic E-state index is 12.8. The lowest BCUT2D eigenvalue weighted by atomic mass is 9.95. The minimum absolute atomic E-state index is 0.143. The summed E-state index contributed by atoms with van der Waals surface area (Å²) < 4.78 is 0. The molecule has 2 aromatic carbocycles. The molecule has 0 atom stereocenters. The summed E-state index contributed by atoms with van der Waals surface area (Å²) in [7, 11) is 0. The molecule has 2 heterocycles. The molecule has 1 saturated heterocycles. The normalized spacial score (nSPS) is 15.6. The number of H-pyrrole nitrogens is 1. The minimum atomic E-state index is 0.143. The standard InChI is InChI=1S/C23H27N3O/c1-15(2)17-5-7-19(8-6-17)23(27)26-12-10-18(11-13-26)22-24-20-9-4-16(3)14-21(20)25-22/h4-9,14-15,18H,10-13H2,1-3H3,(H,24,25). The van der Waals surface area contributed by atoms with E-state index in [1.165, 1.54) is 11.1 Å². The van der Waals surface area contributed by atoms with Crippen molar-refractivity contribution in [1.82, 2.24) is 14.9 Å². The Balaban J connectivity index is 1.42.